The Hall–Kier alpha value is -1.90. The molecule has 1 heterocycles. The zero-order valence-corrected chi connectivity index (χ0v) is 11.6. The summed E-state index contributed by atoms with van der Waals surface area (Å²) in [5.41, 5.74) is 0.743. The van der Waals surface area contributed by atoms with Gasteiger partial charge in [0, 0.05) is 29.4 Å². The van der Waals surface area contributed by atoms with Crippen LogP contribution in [0.4, 0.5) is 0 Å². The van der Waals surface area contributed by atoms with E-state index in [9.17, 15) is 4.79 Å². The molecule has 0 radical (unpaired) electrons. The SMILES string of the molecule is O=C(NC1CCCCCC1)c1ccc2cnccc2c1. The molecule has 20 heavy (non-hydrogen) atoms. The van der Waals surface area contributed by atoms with E-state index in [0.29, 0.717) is 6.04 Å². The topological polar surface area (TPSA) is 42.0 Å². The average molecular weight is 268 g/mol. The van der Waals surface area contributed by atoms with Crippen LogP contribution in [0.3, 0.4) is 0 Å². The molecule has 0 spiro atoms. The summed E-state index contributed by atoms with van der Waals surface area (Å²) in [7, 11) is 0. The van der Waals surface area contributed by atoms with Crippen molar-refractivity contribution in [1.82, 2.24) is 10.3 Å². The van der Waals surface area contributed by atoms with Crippen LogP contribution in [-0.2, 0) is 0 Å². The van der Waals surface area contributed by atoms with Gasteiger partial charge in [-0.3, -0.25) is 9.78 Å². The summed E-state index contributed by atoms with van der Waals surface area (Å²) in [5, 5.41) is 5.32. The molecule has 1 saturated carbocycles. The third kappa shape index (κ3) is 2.98. The second-order valence-electron chi connectivity index (χ2n) is 5.60. The molecular weight excluding hydrogens is 248 g/mol. The Labute approximate surface area is 119 Å². The highest BCUT2D eigenvalue weighted by molar-refractivity contribution is 5.98. The maximum Gasteiger partial charge on any atom is 0.251 e. The third-order valence-corrected chi connectivity index (χ3v) is 4.09. The molecule has 1 amide bonds. The maximum absolute atomic E-state index is 12.3. The normalized spacial score (nSPS) is 16.8. The highest BCUT2D eigenvalue weighted by Gasteiger charge is 2.15. The van der Waals surface area contributed by atoms with Gasteiger partial charge in [0.2, 0.25) is 0 Å². The van der Waals surface area contributed by atoms with Crippen molar-refractivity contribution in [3.05, 3.63) is 42.2 Å². The van der Waals surface area contributed by atoms with E-state index in [-0.39, 0.29) is 5.91 Å². The Balaban J connectivity index is 1.74. The standard InChI is InChI=1S/C17H20N2O/c20-17(19-16-5-3-1-2-4-6-16)14-7-8-15-12-18-10-9-13(15)11-14/h7-12,16H,1-6H2,(H,19,20). The summed E-state index contributed by atoms with van der Waals surface area (Å²) < 4.78 is 0. The van der Waals surface area contributed by atoms with Gasteiger partial charge < -0.3 is 5.32 Å². The Bertz CT molecular complexity index is 601. The molecule has 0 bridgehead atoms. The van der Waals surface area contributed by atoms with Gasteiger partial charge in [0.05, 0.1) is 0 Å². The summed E-state index contributed by atoms with van der Waals surface area (Å²) >= 11 is 0. The second kappa shape index (κ2) is 6.04. The lowest BCUT2D eigenvalue weighted by atomic mass is 10.1. The molecule has 3 rings (SSSR count). The Kier molecular flexibility index (Phi) is 3.95. The minimum Gasteiger partial charge on any atom is -0.349 e. The fourth-order valence-corrected chi connectivity index (χ4v) is 2.92. The van der Waals surface area contributed by atoms with Crippen LogP contribution in [0.5, 0.6) is 0 Å². The molecule has 1 N–H and O–H groups in total. The van der Waals surface area contributed by atoms with Gasteiger partial charge in [-0.2, -0.15) is 0 Å². The van der Waals surface area contributed by atoms with E-state index in [1.165, 1.54) is 25.7 Å². The molecule has 104 valence electrons. The van der Waals surface area contributed by atoms with Gasteiger partial charge in [0.1, 0.15) is 0 Å². The summed E-state index contributed by atoms with van der Waals surface area (Å²) in [6.07, 6.45) is 10.9. The van der Waals surface area contributed by atoms with Crippen molar-refractivity contribution >= 4 is 16.7 Å². The Morgan fingerprint density at radius 1 is 1.05 bits per heavy atom. The van der Waals surface area contributed by atoms with E-state index in [1.807, 2.05) is 30.5 Å². The van der Waals surface area contributed by atoms with Crippen molar-refractivity contribution in [2.24, 2.45) is 0 Å². The molecule has 1 aromatic carbocycles. The van der Waals surface area contributed by atoms with Gasteiger partial charge in [-0.15, -0.1) is 0 Å². The number of aromatic nitrogens is 1. The van der Waals surface area contributed by atoms with Crippen LogP contribution in [0, 0.1) is 0 Å². The number of benzene rings is 1. The van der Waals surface area contributed by atoms with Gasteiger partial charge in [-0.1, -0.05) is 31.7 Å². The zero-order chi connectivity index (χ0) is 13.8. The van der Waals surface area contributed by atoms with Gasteiger partial charge >= 0.3 is 0 Å². The van der Waals surface area contributed by atoms with Crippen molar-refractivity contribution in [2.45, 2.75) is 44.6 Å². The Morgan fingerprint density at radius 3 is 2.65 bits per heavy atom. The smallest absolute Gasteiger partial charge is 0.251 e. The van der Waals surface area contributed by atoms with E-state index in [1.54, 1.807) is 6.20 Å². The summed E-state index contributed by atoms with van der Waals surface area (Å²) in [5.74, 6) is 0.0515. The number of pyridine rings is 1. The molecule has 2 aromatic rings. The fourth-order valence-electron chi connectivity index (χ4n) is 2.92. The minimum absolute atomic E-state index is 0.0515. The van der Waals surface area contributed by atoms with Crippen LogP contribution in [0.1, 0.15) is 48.9 Å². The largest absolute Gasteiger partial charge is 0.349 e. The first-order chi connectivity index (χ1) is 9.83. The molecule has 0 aliphatic heterocycles. The average Bonchev–Trinajstić information content (AvgIpc) is 2.75. The molecule has 0 saturated heterocycles. The van der Waals surface area contributed by atoms with Crippen molar-refractivity contribution in [3.8, 4) is 0 Å². The number of carbonyl (C=O) groups is 1. The number of rotatable bonds is 2. The van der Waals surface area contributed by atoms with E-state index in [2.05, 4.69) is 10.3 Å². The predicted molar refractivity (Wildman–Crippen MR) is 80.7 cm³/mol. The zero-order valence-electron chi connectivity index (χ0n) is 11.6. The molecule has 1 aliphatic carbocycles. The number of nitrogens with zero attached hydrogens (tertiary/aromatic N) is 1. The first-order valence-corrected chi connectivity index (χ1v) is 7.47. The quantitative estimate of drug-likeness (QED) is 0.844. The number of hydrogen-bond acceptors (Lipinski definition) is 2. The van der Waals surface area contributed by atoms with Gasteiger partial charge in [0.25, 0.3) is 5.91 Å². The molecule has 0 unspecified atom stereocenters. The van der Waals surface area contributed by atoms with E-state index in [4.69, 9.17) is 0 Å². The third-order valence-electron chi connectivity index (χ3n) is 4.09. The molecule has 0 atom stereocenters. The molecule has 1 fully saturated rings. The maximum atomic E-state index is 12.3. The number of amides is 1. The molecular formula is C17H20N2O. The fraction of sp³-hybridized carbons (Fsp3) is 0.412. The number of nitrogens with one attached hydrogen (secondary N) is 1. The van der Waals surface area contributed by atoms with Crippen LogP contribution < -0.4 is 5.32 Å². The summed E-state index contributed by atoms with van der Waals surface area (Å²) in [6, 6.07) is 8.08. The lowest BCUT2D eigenvalue weighted by Crippen LogP contribution is -2.34. The molecule has 3 nitrogen and oxygen atoms in total. The lowest BCUT2D eigenvalue weighted by molar-refractivity contribution is 0.0933. The monoisotopic (exact) mass is 268 g/mol. The van der Waals surface area contributed by atoms with Crippen LogP contribution in [-0.4, -0.2) is 16.9 Å². The second-order valence-corrected chi connectivity index (χ2v) is 5.60. The summed E-state index contributed by atoms with van der Waals surface area (Å²) in [4.78, 5) is 16.4. The van der Waals surface area contributed by atoms with E-state index < -0.39 is 0 Å². The molecule has 3 heteroatoms. The first kappa shape index (κ1) is 13.1. The molecule has 1 aliphatic rings. The van der Waals surface area contributed by atoms with Crippen LogP contribution in [0.25, 0.3) is 10.8 Å². The highest BCUT2D eigenvalue weighted by atomic mass is 16.1. The van der Waals surface area contributed by atoms with Crippen molar-refractivity contribution in [3.63, 3.8) is 0 Å². The predicted octanol–water partition coefficient (Wildman–Crippen LogP) is 3.69. The minimum atomic E-state index is 0.0515. The Morgan fingerprint density at radius 2 is 1.85 bits per heavy atom. The molecule has 1 aromatic heterocycles. The first-order valence-electron chi connectivity index (χ1n) is 7.47. The number of carbonyl (C=O) groups excluding carboxylic acids is 1. The number of hydrogen-bond donors (Lipinski definition) is 1. The van der Waals surface area contributed by atoms with Crippen LogP contribution in [0.15, 0.2) is 36.7 Å². The van der Waals surface area contributed by atoms with Crippen molar-refractivity contribution < 1.29 is 4.79 Å². The van der Waals surface area contributed by atoms with Crippen LogP contribution >= 0.6 is 0 Å². The lowest BCUT2D eigenvalue weighted by Gasteiger charge is -2.16. The van der Waals surface area contributed by atoms with E-state index in [0.717, 1.165) is 29.2 Å². The van der Waals surface area contributed by atoms with Crippen molar-refractivity contribution in [2.75, 3.05) is 0 Å². The van der Waals surface area contributed by atoms with Crippen LogP contribution in [0.2, 0.25) is 0 Å². The highest BCUT2D eigenvalue weighted by Crippen LogP contribution is 2.19. The van der Waals surface area contributed by atoms with Gasteiger partial charge in [0.15, 0.2) is 0 Å². The van der Waals surface area contributed by atoms with E-state index >= 15 is 0 Å². The van der Waals surface area contributed by atoms with Crippen molar-refractivity contribution in [1.29, 1.82) is 0 Å². The van der Waals surface area contributed by atoms with Gasteiger partial charge in [-0.25, -0.2) is 0 Å². The summed E-state index contributed by atoms with van der Waals surface area (Å²) in [6.45, 7) is 0. The van der Waals surface area contributed by atoms with Gasteiger partial charge in [-0.05, 0) is 36.4 Å². The number of fused-ring (bicyclic) bond motifs is 1.